The monoisotopic (exact) mass is 216 g/mol. The van der Waals surface area contributed by atoms with Crippen molar-refractivity contribution in [2.45, 2.75) is 6.92 Å². The highest BCUT2D eigenvalue weighted by molar-refractivity contribution is 6.05. The predicted octanol–water partition coefficient (Wildman–Crippen LogP) is 1.76. The summed E-state index contributed by atoms with van der Waals surface area (Å²) in [6, 6.07) is 0. The van der Waals surface area contributed by atoms with Gasteiger partial charge >= 0.3 is 0 Å². The summed E-state index contributed by atoms with van der Waals surface area (Å²) >= 11 is 0. The van der Waals surface area contributed by atoms with Crippen LogP contribution in [0.5, 0.6) is 0 Å². The Labute approximate surface area is 92.6 Å². The van der Waals surface area contributed by atoms with Crippen LogP contribution in [0.25, 0.3) is 11.0 Å². The molecule has 16 heavy (non-hydrogen) atoms. The van der Waals surface area contributed by atoms with E-state index >= 15 is 0 Å². The van der Waals surface area contributed by atoms with Gasteiger partial charge in [0.05, 0.1) is 17.4 Å². The molecule has 5 heteroatoms. The van der Waals surface area contributed by atoms with Gasteiger partial charge in [0.2, 0.25) is 0 Å². The molecule has 0 aliphatic rings. The van der Waals surface area contributed by atoms with E-state index < -0.39 is 0 Å². The van der Waals surface area contributed by atoms with Gasteiger partial charge in [-0.15, -0.1) is 6.58 Å². The standard InChI is InChI=1S/C11H12N4O/c1-3-4-12-10-8(7(2)16)5-13-9-6-14-15-11(9)10/h3,5-6H,1,4H2,2H3,(H,12,13)(H,14,15). The molecule has 0 fully saturated rings. The zero-order valence-electron chi connectivity index (χ0n) is 8.95. The molecule has 0 aliphatic carbocycles. The molecule has 0 bridgehead atoms. The number of carbonyl (C=O) groups is 1. The summed E-state index contributed by atoms with van der Waals surface area (Å²) in [5.74, 6) is -0.0319. The number of rotatable bonds is 4. The first-order valence-electron chi connectivity index (χ1n) is 4.92. The van der Waals surface area contributed by atoms with Crippen molar-refractivity contribution in [2.24, 2.45) is 0 Å². The van der Waals surface area contributed by atoms with Crippen molar-refractivity contribution in [3.8, 4) is 0 Å². The minimum absolute atomic E-state index is 0.0319. The van der Waals surface area contributed by atoms with Crippen molar-refractivity contribution in [2.75, 3.05) is 11.9 Å². The lowest BCUT2D eigenvalue weighted by molar-refractivity contribution is 0.101. The average molecular weight is 216 g/mol. The Balaban J connectivity index is 2.60. The highest BCUT2D eigenvalue weighted by Crippen LogP contribution is 2.23. The van der Waals surface area contributed by atoms with Gasteiger partial charge in [-0.25, -0.2) is 0 Å². The SMILES string of the molecule is C=CCNc1c(C(C)=O)cnc2cn[nH]c12. The van der Waals surface area contributed by atoms with Crippen LogP contribution in [0.2, 0.25) is 0 Å². The van der Waals surface area contributed by atoms with Gasteiger partial charge in [-0.2, -0.15) is 5.10 Å². The molecule has 0 saturated heterocycles. The Morgan fingerprint density at radius 1 is 1.62 bits per heavy atom. The van der Waals surface area contributed by atoms with E-state index in [0.717, 1.165) is 16.7 Å². The second-order valence-electron chi connectivity index (χ2n) is 3.40. The number of carbonyl (C=O) groups excluding carboxylic acids is 1. The molecular weight excluding hydrogens is 204 g/mol. The van der Waals surface area contributed by atoms with Crippen LogP contribution in [0.3, 0.4) is 0 Å². The van der Waals surface area contributed by atoms with Crippen LogP contribution >= 0.6 is 0 Å². The predicted molar refractivity (Wildman–Crippen MR) is 62.6 cm³/mol. The van der Waals surface area contributed by atoms with Crippen LogP contribution in [0, 0.1) is 0 Å². The molecule has 0 amide bonds. The third kappa shape index (κ3) is 1.67. The van der Waals surface area contributed by atoms with Crippen LogP contribution in [-0.2, 0) is 0 Å². The molecule has 2 N–H and O–H groups in total. The van der Waals surface area contributed by atoms with Gasteiger partial charge < -0.3 is 5.32 Å². The third-order valence-corrected chi connectivity index (χ3v) is 2.27. The number of nitrogens with zero attached hydrogens (tertiary/aromatic N) is 2. The Morgan fingerprint density at radius 3 is 3.12 bits per heavy atom. The summed E-state index contributed by atoms with van der Waals surface area (Å²) in [6.07, 6.45) is 4.91. The van der Waals surface area contributed by atoms with E-state index in [2.05, 4.69) is 27.1 Å². The van der Waals surface area contributed by atoms with E-state index in [4.69, 9.17) is 0 Å². The molecule has 0 spiro atoms. The van der Waals surface area contributed by atoms with Crippen LogP contribution in [0.1, 0.15) is 17.3 Å². The summed E-state index contributed by atoms with van der Waals surface area (Å²) in [5, 5.41) is 9.86. The van der Waals surface area contributed by atoms with Crippen molar-refractivity contribution < 1.29 is 4.79 Å². The molecule has 0 radical (unpaired) electrons. The zero-order valence-corrected chi connectivity index (χ0v) is 8.95. The Kier molecular flexibility index (Phi) is 2.68. The van der Waals surface area contributed by atoms with E-state index in [1.807, 2.05) is 0 Å². The van der Waals surface area contributed by atoms with Crippen LogP contribution in [-0.4, -0.2) is 27.5 Å². The maximum absolute atomic E-state index is 11.5. The second kappa shape index (κ2) is 4.14. The van der Waals surface area contributed by atoms with E-state index in [1.54, 1.807) is 18.5 Å². The van der Waals surface area contributed by atoms with Gasteiger partial charge in [0, 0.05) is 12.7 Å². The first-order chi connectivity index (χ1) is 7.74. The molecule has 2 aromatic rings. The van der Waals surface area contributed by atoms with Crippen molar-refractivity contribution in [3.63, 3.8) is 0 Å². The largest absolute Gasteiger partial charge is 0.379 e. The van der Waals surface area contributed by atoms with Crippen LogP contribution < -0.4 is 5.32 Å². The second-order valence-corrected chi connectivity index (χ2v) is 3.40. The molecular formula is C11H12N4O. The van der Waals surface area contributed by atoms with E-state index in [1.165, 1.54) is 6.92 Å². The van der Waals surface area contributed by atoms with Crippen LogP contribution in [0.15, 0.2) is 25.0 Å². The summed E-state index contributed by atoms with van der Waals surface area (Å²) in [4.78, 5) is 15.6. The lowest BCUT2D eigenvalue weighted by Crippen LogP contribution is -2.06. The molecule has 2 aromatic heterocycles. The number of Topliss-reactive ketones (excluding diaryl/α,β-unsaturated/α-hetero) is 1. The Hall–Kier alpha value is -2.17. The first-order valence-corrected chi connectivity index (χ1v) is 4.92. The number of fused-ring (bicyclic) bond motifs is 1. The molecule has 0 atom stereocenters. The number of nitrogens with one attached hydrogen (secondary N) is 2. The number of hydrogen-bond donors (Lipinski definition) is 2. The molecule has 2 heterocycles. The van der Waals surface area contributed by atoms with E-state index in [0.29, 0.717) is 12.1 Å². The van der Waals surface area contributed by atoms with Gasteiger partial charge in [0.1, 0.15) is 11.0 Å². The van der Waals surface area contributed by atoms with Gasteiger partial charge in [-0.3, -0.25) is 14.9 Å². The molecule has 0 aromatic carbocycles. The highest BCUT2D eigenvalue weighted by atomic mass is 16.1. The molecule has 82 valence electrons. The lowest BCUT2D eigenvalue weighted by atomic mass is 10.1. The summed E-state index contributed by atoms with van der Waals surface area (Å²) in [5.41, 5.74) is 2.76. The average Bonchev–Trinajstić information content (AvgIpc) is 2.73. The van der Waals surface area contributed by atoms with E-state index in [-0.39, 0.29) is 5.78 Å². The number of pyridine rings is 1. The topological polar surface area (TPSA) is 70.7 Å². The highest BCUT2D eigenvalue weighted by Gasteiger charge is 2.12. The van der Waals surface area contributed by atoms with Gasteiger partial charge in [0.15, 0.2) is 5.78 Å². The molecule has 0 unspecified atom stereocenters. The fourth-order valence-electron chi connectivity index (χ4n) is 1.52. The maximum Gasteiger partial charge on any atom is 0.163 e. The van der Waals surface area contributed by atoms with Crippen LogP contribution in [0.4, 0.5) is 5.69 Å². The summed E-state index contributed by atoms with van der Waals surface area (Å²) in [6.45, 7) is 5.72. The third-order valence-electron chi connectivity index (χ3n) is 2.27. The minimum Gasteiger partial charge on any atom is -0.379 e. The molecule has 5 nitrogen and oxygen atoms in total. The number of anilines is 1. The Bertz CT molecular complexity index is 544. The van der Waals surface area contributed by atoms with E-state index in [9.17, 15) is 4.79 Å². The van der Waals surface area contributed by atoms with Gasteiger partial charge in [-0.05, 0) is 6.92 Å². The fraction of sp³-hybridized carbons (Fsp3) is 0.182. The minimum atomic E-state index is -0.0319. The zero-order chi connectivity index (χ0) is 11.5. The van der Waals surface area contributed by atoms with Crippen molar-refractivity contribution in [3.05, 3.63) is 30.6 Å². The molecule has 0 saturated carbocycles. The summed E-state index contributed by atoms with van der Waals surface area (Å²) in [7, 11) is 0. The quantitative estimate of drug-likeness (QED) is 0.603. The van der Waals surface area contributed by atoms with Crippen molar-refractivity contribution in [1.29, 1.82) is 0 Å². The Morgan fingerprint density at radius 2 is 2.44 bits per heavy atom. The number of H-pyrrole nitrogens is 1. The van der Waals surface area contributed by atoms with Gasteiger partial charge in [0.25, 0.3) is 0 Å². The molecule has 0 aliphatic heterocycles. The smallest absolute Gasteiger partial charge is 0.163 e. The summed E-state index contributed by atoms with van der Waals surface area (Å²) < 4.78 is 0. The molecule has 2 rings (SSSR count). The maximum atomic E-state index is 11.5. The number of aromatic amines is 1. The number of ketones is 1. The fourth-order valence-corrected chi connectivity index (χ4v) is 1.52. The normalized spacial score (nSPS) is 10.3. The first kappa shape index (κ1) is 10.4. The lowest BCUT2D eigenvalue weighted by Gasteiger charge is -2.08. The van der Waals surface area contributed by atoms with Crippen molar-refractivity contribution in [1.82, 2.24) is 15.2 Å². The van der Waals surface area contributed by atoms with Crippen molar-refractivity contribution >= 4 is 22.5 Å². The number of hydrogen-bond acceptors (Lipinski definition) is 4. The number of aromatic nitrogens is 3. The van der Waals surface area contributed by atoms with Gasteiger partial charge in [-0.1, -0.05) is 6.08 Å².